The van der Waals surface area contributed by atoms with Crippen LogP contribution < -0.4 is 16.2 Å². The zero-order chi connectivity index (χ0) is 30.8. The monoisotopic (exact) mass is 572 g/mol. The zero-order valence-corrected chi connectivity index (χ0v) is 24.3. The first-order valence-electron chi connectivity index (χ1n) is 13.2. The second-order valence-corrected chi connectivity index (χ2v) is 11.1. The van der Waals surface area contributed by atoms with Crippen molar-refractivity contribution in [1.82, 2.24) is 19.7 Å². The number of nitrogens with one attached hydrogen (secondary N) is 2. The number of hydrogen-bond acceptors (Lipinski definition) is 7. The number of carbonyl (C=O) groups excluding carboxylic acids is 2. The zero-order valence-electron chi connectivity index (χ0n) is 24.3. The average Bonchev–Trinajstić information content (AvgIpc) is 2.95. The molecule has 0 aliphatic heterocycles. The fourth-order valence-corrected chi connectivity index (χ4v) is 4.10. The molecule has 4 aromatic rings. The highest BCUT2D eigenvalue weighted by atomic mass is 19.1. The molecule has 0 aliphatic carbocycles. The summed E-state index contributed by atoms with van der Waals surface area (Å²) in [6.07, 6.45) is -0.0231. The minimum absolute atomic E-state index is 0.0364. The number of rotatable bonds is 7. The largest absolute Gasteiger partial charge is 0.378 e. The van der Waals surface area contributed by atoms with Gasteiger partial charge in [0.15, 0.2) is 6.10 Å². The Balaban J connectivity index is 1.57. The third-order valence-corrected chi connectivity index (χ3v) is 6.63. The van der Waals surface area contributed by atoms with Gasteiger partial charge in [0.05, 0.1) is 11.4 Å². The second-order valence-electron chi connectivity index (χ2n) is 11.1. The predicted octanol–water partition coefficient (Wildman–Crippen LogP) is 4.40. The van der Waals surface area contributed by atoms with Crippen LogP contribution in [0.25, 0.3) is 11.3 Å². The van der Waals surface area contributed by atoms with E-state index in [1.54, 1.807) is 12.1 Å². The van der Waals surface area contributed by atoms with E-state index >= 15 is 0 Å². The molecule has 218 valence electrons. The first-order chi connectivity index (χ1) is 19.7. The van der Waals surface area contributed by atoms with Crippen LogP contribution in [0, 0.1) is 5.82 Å². The van der Waals surface area contributed by atoms with E-state index in [9.17, 15) is 23.9 Å². The molecular weight excluding hydrogens is 539 g/mol. The molecule has 11 heteroatoms. The van der Waals surface area contributed by atoms with Gasteiger partial charge in [-0.15, -0.1) is 0 Å². The first-order valence-corrected chi connectivity index (χ1v) is 13.2. The number of aromatic nitrogens is 3. The first kappa shape index (κ1) is 30.1. The van der Waals surface area contributed by atoms with Crippen LogP contribution in [0.5, 0.6) is 0 Å². The third kappa shape index (κ3) is 6.69. The summed E-state index contributed by atoms with van der Waals surface area (Å²) in [5.41, 5.74) is 2.15. The van der Waals surface area contributed by atoms with Crippen LogP contribution in [0.4, 0.5) is 21.6 Å². The Hall–Kier alpha value is -4.90. The number of anilines is 3. The van der Waals surface area contributed by atoms with Gasteiger partial charge in [-0.05, 0) is 53.4 Å². The van der Waals surface area contributed by atoms with Crippen LogP contribution in [0.2, 0.25) is 0 Å². The van der Waals surface area contributed by atoms with E-state index < -0.39 is 29.3 Å². The maximum Gasteiger partial charge on any atom is 0.290 e. The van der Waals surface area contributed by atoms with Crippen molar-refractivity contribution in [3.05, 3.63) is 99.7 Å². The molecule has 2 aromatic heterocycles. The highest BCUT2D eigenvalue weighted by molar-refractivity contribution is 6.04. The topological polar surface area (TPSA) is 129 Å². The van der Waals surface area contributed by atoms with Gasteiger partial charge in [-0.25, -0.2) is 14.1 Å². The molecule has 0 saturated heterocycles. The highest BCUT2D eigenvalue weighted by Gasteiger charge is 2.20. The number of amides is 2. The van der Waals surface area contributed by atoms with Crippen LogP contribution in [0.15, 0.2) is 71.7 Å². The molecule has 10 nitrogen and oxygen atoms in total. The normalized spacial score (nSPS) is 12.0. The molecule has 0 aliphatic rings. The van der Waals surface area contributed by atoms with Gasteiger partial charge in [0, 0.05) is 44.0 Å². The molecule has 0 radical (unpaired) electrons. The van der Waals surface area contributed by atoms with Crippen molar-refractivity contribution in [2.45, 2.75) is 32.3 Å². The van der Waals surface area contributed by atoms with E-state index in [2.05, 4.69) is 41.5 Å². The molecule has 3 N–H and O–H groups in total. The van der Waals surface area contributed by atoms with Crippen LogP contribution in [0.3, 0.4) is 0 Å². The van der Waals surface area contributed by atoms with Crippen molar-refractivity contribution in [2.24, 2.45) is 7.05 Å². The summed E-state index contributed by atoms with van der Waals surface area (Å²) in [5.74, 6) is -1.28. The Morgan fingerprint density at radius 1 is 1.00 bits per heavy atom. The molecular formula is C31H33FN6O4. The number of aliphatic hydroxyl groups excluding tert-OH is 1. The van der Waals surface area contributed by atoms with Crippen molar-refractivity contribution in [3.8, 4) is 11.3 Å². The van der Waals surface area contributed by atoms with E-state index in [-0.39, 0.29) is 16.8 Å². The number of aryl methyl sites for hydroxylation is 1. The summed E-state index contributed by atoms with van der Waals surface area (Å²) in [7, 11) is 4.55. The summed E-state index contributed by atoms with van der Waals surface area (Å²) in [4.78, 5) is 43.2. The number of nitrogens with zero attached hydrogens (tertiary/aromatic N) is 4. The van der Waals surface area contributed by atoms with Crippen molar-refractivity contribution in [3.63, 3.8) is 0 Å². The number of carbonyl (C=O) groups is 2. The van der Waals surface area contributed by atoms with E-state index in [0.29, 0.717) is 28.2 Å². The van der Waals surface area contributed by atoms with Gasteiger partial charge >= 0.3 is 0 Å². The van der Waals surface area contributed by atoms with Gasteiger partial charge in [-0.2, -0.15) is 5.10 Å². The Labute approximate surface area is 242 Å². The average molecular weight is 573 g/mol. The molecule has 0 spiro atoms. The summed E-state index contributed by atoms with van der Waals surface area (Å²) < 4.78 is 15.9. The number of pyridine rings is 1. The number of benzene rings is 2. The number of hydrogen-bond donors (Lipinski definition) is 3. The van der Waals surface area contributed by atoms with Crippen LogP contribution in [0.1, 0.15) is 48.4 Å². The molecule has 0 saturated carbocycles. The van der Waals surface area contributed by atoms with Gasteiger partial charge < -0.3 is 20.6 Å². The lowest BCUT2D eigenvalue weighted by molar-refractivity contribution is -0.137. The summed E-state index contributed by atoms with van der Waals surface area (Å²) >= 11 is 0. The van der Waals surface area contributed by atoms with Gasteiger partial charge in [0.2, 0.25) is 0 Å². The SMILES string of the molecule is CN(C)C(=O)C(O)c1ccc(Nc2cc(-c3ccc(F)c(NC(=O)c4ccc(C(C)(C)C)cc4)c3)nn(C)c2=O)nc1. The highest BCUT2D eigenvalue weighted by Crippen LogP contribution is 2.27. The number of likely N-dealkylation sites (N-methyl/N-ethyl adjacent to an activating group) is 1. The van der Waals surface area contributed by atoms with Crippen LogP contribution in [-0.4, -0.2) is 50.7 Å². The fourth-order valence-electron chi connectivity index (χ4n) is 4.10. The van der Waals surface area contributed by atoms with Gasteiger partial charge in [0.1, 0.15) is 17.3 Å². The second kappa shape index (κ2) is 11.9. The molecule has 2 aromatic carbocycles. The fraction of sp³-hybridized carbons (Fsp3) is 0.258. The molecule has 1 atom stereocenters. The Morgan fingerprint density at radius 2 is 1.69 bits per heavy atom. The van der Waals surface area contributed by atoms with Crippen molar-refractivity contribution < 1.29 is 19.1 Å². The van der Waals surface area contributed by atoms with Crippen molar-refractivity contribution in [1.29, 1.82) is 0 Å². The molecule has 2 heterocycles. The van der Waals surface area contributed by atoms with Crippen LogP contribution in [-0.2, 0) is 17.3 Å². The maximum atomic E-state index is 14.7. The number of aliphatic hydroxyl groups is 1. The molecule has 0 fully saturated rings. The lowest BCUT2D eigenvalue weighted by Gasteiger charge is -2.19. The molecule has 0 bridgehead atoms. The molecule has 42 heavy (non-hydrogen) atoms. The lowest BCUT2D eigenvalue weighted by Crippen LogP contribution is -2.28. The summed E-state index contributed by atoms with van der Waals surface area (Å²) in [6, 6.07) is 15.9. The van der Waals surface area contributed by atoms with Crippen molar-refractivity contribution >= 4 is 29.0 Å². The lowest BCUT2D eigenvalue weighted by atomic mass is 9.87. The summed E-state index contributed by atoms with van der Waals surface area (Å²) in [6.45, 7) is 6.22. The van der Waals surface area contributed by atoms with E-state index in [4.69, 9.17) is 0 Å². The predicted molar refractivity (Wildman–Crippen MR) is 159 cm³/mol. The quantitative estimate of drug-likeness (QED) is 0.299. The van der Waals surface area contributed by atoms with E-state index in [1.807, 2.05) is 12.1 Å². The third-order valence-electron chi connectivity index (χ3n) is 6.63. The van der Waals surface area contributed by atoms with Crippen LogP contribution >= 0.6 is 0 Å². The summed E-state index contributed by atoms with van der Waals surface area (Å²) in [5, 5.41) is 20.1. The van der Waals surface area contributed by atoms with Crippen molar-refractivity contribution in [2.75, 3.05) is 24.7 Å². The maximum absolute atomic E-state index is 14.7. The van der Waals surface area contributed by atoms with Gasteiger partial charge in [-0.3, -0.25) is 14.4 Å². The molecule has 2 amide bonds. The van der Waals surface area contributed by atoms with E-state index in [1.165, 1.54) is 68.6 Å². The standard InChI is InChI=1S/C31H33FN6O4/c1-31(2,3)21-11-7-18(8-12-21)28(40)35-24-15-19(9-13-22(24)32)23-16-25(29(41)38(6)36-23)34-26-14-10-20(17-33-26)27(39)30(42)37(4)5/h7-17,27,39H,1-6H3,(H,33,34)(H,35,40). The van der Waals surface area contributed by atoms with Gasteiger partial charge in [0.25, 0.3) is 17.4 Å². The molecule has 1 unspecified atom stereocenters. The van der Waals surface area contributed by atoms with E-state index in [0.717, 1.165) is 10.2 Å². The minimum Gasteiger partial charge on any atom is -0.378 e. The Bertz CT molecular complexity index is 1680. The Morgan fingerprint density at radius 3 is 2.29 bits per heavy atom. The molecule has 4 rings (SSSR count). The smallest absolute Gasteiger partial charge is 0.290 e. The van der Waals surface area contributed by atoms with Gasteiger partial charge in [-0.1, -0.05) is 39.0 Å². The number of halogens is 1. The minimum atomic E-state index is -1.36. The Kier molecular flexibility index (Phi) is 8.53.